The van der Waals surface area contributed by atoms with E-state index in [1.54, 1.807) is 0 Å². The second-order valence-electron chi connectivity index (χ2n) is 8.73. The highest BCUT2D eigenvalue weighted by Gasteiger charge is 2.18. The minimum absolute atomic E-state index is 0.0147. The number of carbonyl (C=O) groups is 2. The maximum atomic E-state index is 11.9. The molecule has 1 aliphatic heterocycles. The van der Waals surface area contributed by atoms with E-state index < -0.39 is 10.0 Å². The summed E-state index contributed by atoms with van der Waals surface area (Å²) in [6.07, 6.45) is 0.446. The third kappa shape index (κ3) is 12.7. The molecule has 0 atom stereocenters. The number of sulfonamides is 1. The summed E-state index contributed by atoms with van der Waals surface area (Å²) in [5.74, 6) is 1.02. The Morgan fingerprint density at radius 3 is 2.14 bits per heavy atom. The van der Waals surface area contributed by atoms with Gasteiger partial charge in [-0.3, -0.25) is 4.79 Å². The Hall–Kier alpha value is -2.17. The highest BCUT2D eigenvalue weighted by molar-refractivity contribution is 7.89. The quantitative estimate of drug-likeness (QED) is 0.498. The molecule has 200 valence electrons. The molecule has 0 radical (unpaired) electrons. The fraction of sp³-hybridized carbons (Fsp3) is 0.440. The summed E-state index contributed by atoms with van der Waals surface area (Å²) >= 11 is 11.3. The van der Waals surface area contributed by atoms with Crippen molar-refractivity contribution >= 4 is 51.1 Å². The first-order valence-corrected chi connectivity index (χ1v) is 13.8. The molecule has 0 bridgehead atoms. The molecule has 0 saturated carbocycles. The fourth-order valence-electron chi connectivity index (χ4n) is 2.82. The van der Waals surface area contributed by atoms with E-state index >= 15 is 0 Å². The summed E-state index contributed by atoms with van der Waals surface area (Å²) < 4.78 is 25.1. The number of halogens is 2. The monoisotopic (exact) mass is 558 g/mol. The van der Waals surface area contributed by atoms with Crippen molar-refractivity contribution in [2.75, 3.05) is 51.6 Å². The topological polar surface area (TPSA) is 98.8 Å². The number of carbonyl (C=O) groups excluding carboxylic acids is 2. The van der Waals surface area contributed by atoms with Crippen molar-refractivity contribution in [3.63, 3.8) is 0 Å². The van der Waals surface area contributed by atoms with Gasteiger partial charge in [-0.2, -0.15) is 0 Å². The van der Waals surface area contributed by atoms with Crippen molar-refractivity contribution in [2.24, 2.45) is 5.92 Å². The Balaban J connectivity index is 0.000000316. The van der Waals surface area contributed by atoms with E-state index in [2.05, 4.69) is 42.8 Å². The Morgan fingerprint density at radius 1 is 1.03 bits per heavy atom. The van der Waals surface area contributed by atoms with Gasteiger partial charge in [0.25, 0.3) is 0 Å². The second kappa shape index (κ2) is 16.6. The Kier molecular flexibility index (Phi) is 14.6. The lowest BCUT2D eigenvalue weighted by Crippen LogP contribution is -2.48. The highest BCUT2D eigenvalue weighted by Crippen LogP contribution is 2.24. The molecule has 2 N–H and O–H groups in total. The molecular formula is C25H36Cl2N4O4S. The molecule has 0 unspecified atom stereocenters. The number of para-hydroxylation sites is 1. The Bertz CT molecular complexity index is 1040. The number of hydrogen-bond acceptors (Lipinski definition) is 6. The van der Waals surface area contributed by atoms with Crippen molar-refractivity contribution in [2.45, 2.75) is 25.7 Å². The molecular weight excluding hydrogens is 523 g/mol. The van der Waals surface area contributed by atoms with Crippen molar-refractivity contribution in [1.82, 2.24) is 14.5 Å². The van der Waals surface area contributed by atoms with Crippen LogP contribution in [0.15, 0.2) is 53.4 Å². The third-order valence-electron chi connectivity index (χ3n) is 4.61. The van der Waals surface area contributed by atoms with Gasteiger partial charge in [0, 0.05) is 36.9 Å². The third-order valence-corrected chi connectivity index (χ3v) is 6.76. The van der Waals surface area contributed by atoms with Crippen molar-refractivity contribution in [3.8, 4) is 0 Å². The zero-order chi connectivity index (χ0) is 27.1. The number of anilines is 1. The number of nitrogens with zero attached hydrogens (tertiary/aromatic N) is 2. The van der Waals surface area contributed by atoms with Crippen LogP contribution in [0.5, 0.6) is 0 Å². The first kappa shape index (κ1) is 31.9. The highest BCUT2D eigenvalue weighted by atomic mass is 35.5. The molecule has 11 heteroatoms. The molecule has 0 aromatic heterocycles. The number of piperazine rings is 1. The van der Waals surface area contributed by atoms with E-state index in [-0.39, 0.29) is 22.4 Å². The summed E-state index contributed by atoms with van der Waals surface area (Å²) in [4.78, 5) is 26.0. The maximum absolute atomic E-state index is 11.9. The number of aldehydes is 1. The molecule has 0 aliphatic carbocycles. The Labute approximate surface area is 225 Å². The summed E-state index contributed by atoms with van der Waals surface area (Å²) in [5.41, 5.74) is 0.995. The van der Waals surface area contributed by atoms with Crippen LogP contribution in [-0.2, 0) is 19.6 Å². The summed E-state index contributed by atoms with van der Waals surface area (Å²) in [7, 11) is -1.65. The van der Waals surface area contributed by atoms with Crippen molar-refractivity contribution < 1.29 is 18.0 Å². The number of rotatable bonds is 7. The van der Waals surface area contributed by atoms with Gasteiger partial charge in [-0.25, -0.2) is 13.1 Å². The minimum atomic E-state index is -3.74. The fourth-order valence-corrected chi connectivity index (χ4v) is 4.53. The van der Waals surface area contributed by atoms with Crippen molar-refractivity contribution in [1.29, 1.82) is 0 Å². The second-order valence-corrected chi connectivity index (χ2v) is 11.3. The minimum Gasteiger partial charge on any atom is -0.376 e. The molecule has 8 nitrogen and oxygen atoms in total. The average molecular weight is 560 g/mol. The first-order valence-electron chi connectivity index (χ1n) is 11.6. The molecule has 2 aromatic rings. The molecule has 3 rings (SSSR count). The predicted molar refractivity (Wildman–Crippen MR) is 147 cm³/mol. The SMILES string of the molecule is CC(C)C.CN1CCN(C(=O)CNc2ccccc2)CC1.O=CCNS(=O)(=O)c1ccc(Cl)cc1Cl. The first-order chi connectivity index (χ1) is 17.0. The molecule has 0 spiro atoms. The van der Waals surface area contributed by atoms with Crippen molar-refractivity contribution in [3.05, 3.63) is 58.6 Å². The lowest BCUT2D eigenvalue weighted by atomic mass is 10.3. The molecule has 1 amide bonds. The van der Waals surface area contributed by atoms with Gasteiger partial charge in [-0.1, -0.05) is 62.2 Å². The lowest BCUT2D eigenvalue weighted by Gasteiger charge is -2.32. The number of amides is 1. The van der Waals surface area contributed by atoms with Gasteiger partial charge < -0.3 is 19.9 Å². The van der Waals surface area contributed by atoms with Gasteiger partial charge in [-0.15, -0.1) is 0 Å². The van der Waals surface area contributed by atoms with Crippen LogP contribution in [0.2, 0.25) is 10.0 Å². The van der Waals surface area contributed by atoms with Gasteiger partial charge >= 0.3 is 0 Å². The predicted octanol–water partition coefficient (Wildman–Crippen LogP) is 4.01. The van der Waals surface area contributed by atoms with E-state index in [0.717, 1.165) is 37.8 Å². The molecule has 2 aromatic carbocycles. The summed E-state index contributed by atoms with van der Waals surface area (Å²) in [6, 6.07) is 13.8. The van der Waals surface area contributed by atoms with E-state index in [1.807, 2.05) is 35.2 Å². The molecule has 1 saturated heterocycles. The molecule has 1 fully saturated rings. The van der Waals surface area contributed by atoms with Gasteiger partial charge in [0.2, 0.25) is 15.9 Å². The van der Waals surface area contributed by atoms with Crippen LogP contribution in [0.25, 0.3) is 0 Å². The maximum Gasteiger partial charge on any atom is 0.242 e. The molecule has 1 heterocycles. The number of nitrogens with one attached hydrogen (secondary N) is 2. The Morgan fingerprint density at radius 2 is 1.61 bits per heavy atom. The van der Waals surface area contributed by atoms with Crippen LogP contribution in [0, 0.1) is 5.92 Å². The van der Waals surface area contributed by atoms with Crippen LogP contribution < -0.4 is 10.0 Å². The number of hydrogen-bond donors (Lipinski definition) is 2. The van der Waals surface area contributed by atoms with Gasteiger partial charge in [0.1, 0.15) is 11.2 Å². The van der Waals surface area contributed by atoms with Crippen LogP contribution in [0.1, 0.15) is 20.8 Å². The normalized spacial score (nSPS) is 13.7. The zero-order valence-corrected chi connectivity index (χ0v) is 23.5. The number of benzene rings is 2. The van der Waals surface area contributed by atoms with E-state index in [0.29, 0.717) is 17.9 Å². The zero-order valence-electron chi connectivity index (χ0n) is 21.2. The van der Waals surface area contributed by atoms with Crippen LogP contribution in [-0.4, -0.2) is 76.7 Å². The largest absolute Gasteiger partial charge is 0.376 e. The molecule has 36 heavy (non-hydrogen) atoms. The van der Waals surface area contributed by atoms with Crippen LogP contribution in [0.4, 0.5) is 5.69 Å². The van der Waals surface area contributed by atoms with E-state index in [4.69, 9.17) is 23.2 Å². The van der Waals surface area contributed by atoms with Crippen LogP contribution in [0.3, 0.4) is 0 Å². The molecule has 1 aliphatic rings. The van der Waals surface area contributed by atoms with Gasteiger partial charge in [-0.05, 0) is 43.3 Å². The summed E-state index contributed by atoms with van der Waals surface area (Å²) in [5, 5.41) is 3.50. The van der Waals surface area contributed by atoms with E-state index in [9.17, 15) is 18.0 Å². The average Bonchev–Trinajstić information content (AvgIpc) is 2.82. The standard InChI is InChI=1S/C13H19N3O.C8H7Cl2NO3S.C4H10/c1-15-7-9-16(10-8-15)13(17)11-14-12-5-3-2-4-6-12;9-6-1-2-8(7(10)5-6)15(13,14)11-3-4-12;1-4(2)3/h2-6,14H,7-11H2,1H3;1-2,4-5,11H,3H2;4H,1-3H3. The van der Waals surface area contributed by atoms with Gasteiger partial charge in [0.05, 0.1) is 18.1 Å². The lowest BCUT2D eigenvalue weighted by molar-refractivity contribution is -0.130. The smallest absolute Gasteiger partial charge is 0.242 e. The van der Waals surface area contributed by atoms with Crippen LogP contribution >= 0.6 is 23.2 Å². The van der Waals surface area contributed by atoms with E-state index in [1.165, 1.54) is 18.2 Å². The van der Waals surface area contributed by atoms with Gasteiger partial charge in [0.15, 0.2) is 0 Å². The number of likely N-dealkylation sites (N-methyl/N-ethyl adjacent to an activating group) is 1. The summed E-state index contributed by atoms with van der Waals surface area (Å²) in [6.45, 7) is 10.2.